The van der Waals surface area contributed by atoms with Gasteiger partial charge in [-0.25, -0.2) is 4.98 Å². The third-order valence-electron chi connectivity index (χ3n) is 8.33. The van der Waals surface area contributed by atoms with E-state index in [4.69, 9.17) is 42.1 Å². The summed E-state index contributed by atoms with van der Waals surface area (Å²) in [5.41, 5.74) is 3.88. The van der Waals surface area contributed by atoms with Crippen molar-refractivity contribution in [2.75, 3.05) is 19.8 Å². The van der Waals surface area contributed by atoms with Gasteiger partial charge < -0.3 is 18.9 Å². The van der Waals surface area contributed by atoms with Gasteiger partial charge in [-0.15, -0.1) is 0 Å². The van der Waals surface area contributed by atoms with E-state index in [-0.39, 0.29) is 17.4 Å². The van der Waals surface area contributed by atoms with Crippen molar-refractivity contribution in [3.8, 4) is 5.88 Å². The standard InChI is InChI=1S/C37H40Cl2N2O4Si/c1-46(2,3)20-19-42-26-41-34-22-32(38)36(39)40-33(34)23-35(41)45-31-21-30(43-24-31)25-44-37(27-13-7-4-8-14-27,28-15-9-5-10-16-28)29-17-11-6-12-18-29/h4-18,22-23,30-31H,19-21,24-26H2,1-3H3/t30-,31-/m0/s1. The molecule has 0 spiro atoms. The average molecular weight is 676 g/mol. The summed E-state index contributed by atoms with van der Waals surface area (Å²) in [7, 11) is -1.23. The fourth-order valence-corrected chi connectivity index (χ4v) is 6.95. The number of hydrogen-bond donors (Lipinski definition) is 0. The van der Waals surface area contributed by atoms with Gasteiger partial charge in [-0.3, -0.25) is 4.57 Å². The first kappa shape index (κ1) is 32.8. The first-order chi connectivity index (χ1) is 22.2. The monoisotopic (exact) mass is 674 g/mol. The molecule has 0 radical (unpaired) electrons. The molecule has 2 atom stereocenters. The first-order valence-corrected chi connectivity index (χ1v) is 20.2. The SMILES string of the molecule is C[Si](C)(C)CCOCn1c(O[C@@H]2CO[C@H](COC(c3ccccc3)(c3ccccc3)c3ccccc3)C2)cc2nc(Cl)c(Cl)cc21. The minimum absolute atomic E-state index is 0.159. The van der Waals surface area contributed by atoms with Crippen molar-refractivity contribution in [1.29, 1.82) is 0 Å². The highest BCUT2D eigenvalue weighted by Gasteiger charge is 2.39. The molecule has 3 heterocycles. The van der Waals surface area contributed by atoms with Gasteiger partial charge in [0, 0.05) is 27.2 Å². The van der Waals surface area contributed by atoms with E-state index in [1.807, 2.05) is 34.9 Å². The van der Waals surface area contributed by atoms with E-state index < -0.39 is 13.7 Å². The molecule has 6 nitrogen and oxygen atoms in total. The van der Waals surface area contributed by atoms with Crippen LogP contribution in [0.2, 0.25) is 35.9 Å². The fraction of sp³-hybridized carbons (Fsp3) is 0.324. The van der Waals surface area contributed by atoms with Crippen molar-refractivity contribution in [2.45, 2.75) is 56.6 Å². The number of pyridine rings is 1. The minimum atomic E-state index is -1.23. The molecule has 5 aromatic rings. The van der Waals surface area contributed by atoms with Crippen LogP contribution < -0.4 is 4.74 Å². The topological polar surface area (TPSA) is 54.7 Å². The van der Waals surface area contributed by atoms with Gasteiger partial charge in [0.25, 0.3) is 0 Å². The number of fused-ring (bicyclic) bond motifs is 1. The molecular weight excluding hydrogens is 635 g/mol. The van der Waals surface area contributed by atoms with Crippen molar-refractivity contribution < 1.29 is 18.9 Å². The maximum absolute atomic E-state index is 7.02. The zero-order chi connectivity index (χ0) is 32.1. The third kappa shape index (κ3) is 7.36. The maximum Gasteiger partial charge on any atom is 0.198 e. The van der Waals surface area contributed by atoms with Gasteiger partial charge in [0.15, 0.2) is 5.88 Å². The van der Waals surface area contributed by atoms with Gasteiger partial charge in [-0.05, 0) is 28.8 Å². The molecule has 0 unspecified atom stereocenters. The van der Waals surface area contributed by atoms with Crippen LogP contribution in [0.25, 0.3) is 11.0 Å². The summed E-state index contributed by atoms with van der Waals surface area (Å²) in [5, 5.41) is 0.653. The van der Waals surface area contributed by atoms with E-state index in [0.29, 0.717) is 49.4 Å². The van der Waals surface area contributed by atoms with E-state index in [1.165, 1.54) is 0 Å². The zero-order valence-corrected chi connectivity index (χ0v) is 29.0. The zero-order valence-electron chi connectivity index (χ0n) is 26.5. The van der Waals surface area contributed by atoms with Crippen LogP contribution >= 0.6 is 23.2 Å². The highest BCUT2D eigenvalue weighted by atomic mass is 35.5. The summed E-state index contributed by atoms with van der Waals surface area (Å²) >= 11 is 12.6. The van der Waals surface area contributed by atoms with E-state index >= 15 is 0 Å². The first-order valence-electron chi connectivity index (χ1n) is 15.7. The molecule has 6 rings (SSSR count). The molecule has 0 saturated carbocycles. The van der Waals surface area contributed by atoms with Crippen molar-refractivity contribution in [1.82, 2.24) is 9.55 Å². The summed E-state index contributed by atoms with van der Waals surface area (Å²) < 4.78 is 28.0. The Morgan fingerprint density at radius 2 is 1.46 bits per heavy atom. The van der Waals surface area contributed by atoms with Crippen molar-refractivity contribution in [3.05, 3.63) is 130 Å². The molecule has 0 aliphatic carbocycles. The Balaban J connectivity index is 1.21. The molecule has 0 amide bonds. The second kappa shape index (κ2) is 14.3. The third-order valence-corrected chi connectivity index (χ3v) is 10.7. The van der Waals surface area contributed by atoms with Crippen LogP contribution in [0.5, 0.6) is 5.88 Å². The van der Waals surface area contributed by atoms with Crippen molar-refractivity contribution in [3.63, 3.8) is 0 Å². The molecule has 2 aromatic heterocycles. The van der Waals surface area contributed by atoms with E-state index in [1.54, 1.807) is 0 Å². The molecular formula is C37H40Cl2N2O4Si. The maximum atomic E-state index is 7.02. The molecule has 1 saturated heterocycles. The Morgan fingerprint density at radius 3 is 2.02 bits per heavy atom. The molecule has 0 bridgehead atoms. The summed E-state index contributed by atoms with van der Waals surface area (Å²) in [6.07, 6.45) is 0.332. The lowest BCUT2D eigenvalue weighted by Gasteiger charge is -2.36. The molecule has 3 aromatic carbocycles. The van der Waals surface area contributed by atoms with Crippen LogP contribution in [0.3, 0.4) is 0 Å². The Labute approximate surface area is 282 Å². The molecule has 46 heavy (non-hydrogen) atoms. The Morgan fingerprint density at radius 1 is 0.870 bits per heavy atom. The highest BCUT2D eigenvalue weighted by Crippen LogP contribution is 2.41. The highest BCUT2D eigenvalue weighted by molar-refractivity contribution is 6.76. The minimum Gasteiger partial charge on any atom is -0.473 e. The molecule has 0 N–H and O–H groups in total. The number of hydrogen-bond acceptors (Lipinski definition) is 5. The average Bonchev–Trinajstić information content (AvgIpc) is 3.64. The van der Waals surface area contributed by atoms with Gasteiger partial charge >= 0.3 is 0 Å². The lowest BCUT2D eigenvalue weighted by molar-refractivity contribution is -0.0459. The number of rotatable bonds is 13. The number of benzene rings is 3. The molecule has 1 aliphatic rings. The second-order valence-electron chi connectivity index (χ2n) is 12.9. The Bertz CT molecular complexity index is 1630. The predicted molar refractivity (Wildman–Crippen MR) is 188 cm³/mol. The normalized spacial score (nSPS) is 17.1. The second-order valence-corrected chi connectivity index (χ2v) is 19.3. The number of nitrogens with zero attached hydrogens (tertiary/aromatic N) is 2. The lowest BCUT2D eigenvalue weighted by atomic mass is 9.80. The summed E-state index contributed by atoms with van der Waals surface area (Å²) in [4.78, 5) is 4.49. The lowest BCUT2D eigenvalue weighted by Crippen LogP contribution is -2.35. The molecule has 240 valence electrons. The van der Waals surface area contributed by atoms with Crippen LogP contribution in [0.4, 0.5) is 0 Å². The van der Waals surface area contributed by atoms with E-state index in [9.17, 15) is 0 Å². The summed E-state index contributed by atoms with van der Waals surface area (Å²) in [5.74, 6) is 0.649. The summed E-state index contributed by atoms with van der Waals surface area (Å²) in [6.45, 7) is 8.85. The van der Waals surface area contributed by atoms with Gasteiger partial charge in [-0.1, -0.05) is 134 Å². The Kier molecular flexibility index (Phi) is 10.2. The van der Waals surface area contributed by atoms with E-state index in [0.717, 1.165) is 28.3 Å². The quantitative estimate of drug-likeness (QED) is 0.0539. The Hall–Kier alpha value is -3.17. The number of aromatic nitrogens is 2. The molecule has 9 heteroatoms. The van der Waals surface area contributed by atoms with Crippen LogP contribution in [0, 0.1) is 0 Å². The van der Waals surface area contributed by atoms with Gasteiger partial charge in [0.05, 0.1) is 35.4 Å². The van der Waals surface area contributed by atoms with Crippen LogP contribution in [-0.2, 0) is 26.5 Å². The summed E-state index contributed by atoms with van der Waals surface area (Å²) in [6, 6.07) is 35.9. The smallest absolute Gasteiger partial charge is 0.198 e. The van der Waals surface area contributed by atoms with Crippen molar-refractivity contribution >= 4 is 42.3 Å². The largest absolute Gasteiger partial charge is 0.473 e. The van der Waals surface area contributed by atoms with Crippen LogP contribution in [-0.4, -0.2) is 49.7 Å². The van der Waals surface area contributed by atoms with Crippen molar-refractivity contribution in [2.24, 2.45) is 0 Å². The molecule has 1 aliphatic heterocycles. The van der Waals surface area contributed by atoms with E-state index in [2.05, 4.69) is 97.4 Å². The number of ether oxygens (including phenoxy) is 4. The number of halogens is 2. The van der Waals surface area contributed by atoms with Crippen LogP contribution in [0.1, 0.15) is 23.1 Å². The fourth-order valence-electron chi connectivity index (χ4n) is 5.90. The van der Waals surface area contributed by atoms with Crippen LogP contribution in [0.15, 0.2) is 103 Å². The van der Waals surface area contributed by atoms with Gasteiger partial charge in [0.2, 0.25) is 0 Å². The van der Waals surface area contributed by atoms with Gasteiger partial charge in [0.1, 0.15) is 23.6 Å². The molecule has 1 fully saturated rings. The van der Waals surface area contributed by atoms with Gasteiger partial charge in [-0.2, -0.15) is 0 Å². The predicted octanol–water partition coefficient (Wildman–Crippen LogP) is 9.20.